The van der Waals surface area contributed by atoms with Crippen molar-refractivity contribution in [3.8, 4) is 22.6 Å². The zero-order valence-electron chi connectivity index (χ0n) is 28.6. The van der Waals surface area contributed by atoms with Gasteiger partial charge < -0.3 is 29.6 Å². The Balaban J connectivity index is 1.13. The van der Waals surface area contributed by atoms with Gasteiger partial charge in [0.2, 0.25) is 11.8 Å². The van der Waals surface area contributed by atoms with E-state index in [0.717, 1.165) is 58.5 Å². The first-order valence-electron chi connectivity index (χ1n) is 17.3. The maximum atomic E-state index is 12.5. The molecule has 2 heterocycles. The number of oxazole rings is 1. The Bertz CT molecular complexity index is 1790. The van der Waals surface area contributed by atoms with Crippen LogP contribution in [-0.4, -0.2) is 40.3 Å². The molecule has 1 saturated heterocycles. The molecule has 5 aromatic rings. The summed E-state index contributed by atoms with van der Waals surface area (Å²) in [7, 11) is 0. The van der Waals surface area contributed by atoms with Gasteiger partial charge in [-0.3, -0.25) is 9.59 Å². The standard InChI is InChI=1S/C41H43N3O6S/c1-28(46)42-24-10-4-9-15-37(47)43-34-22-20-33(21-23-34)40-48-35(25-36(49-40)30-18-16-29(26-45)17-19-30)27-51-41-44-38(31-11-5-2-6-12-31)39(50-41)32-13-7-3-8-14-32/h2-3,5-8,11-14,16-23,35-36,40,45H,4,9-10,15,24-27H2,1H3,(H,42,46)(H,43,47)/t35-,36+,40+/m1/s1. The number of nitrogens with zero attached hydrogens (tertiary/aromatic N) is 1. The van der Waals surface area contributed by atoms with Gasteiger partial charge in [-0.25, -0.2) is 4.98 Å². The topological polar surface area (TPSA) is 123 Å². The smallest absolute Gasteiger partial charge is 0.256 e. The number of aliphatic hydroxyl groups excluding tert-OH is 1. The van der Waals surface area contributed by atoms with Crippen LogP contribution in [0, 0.1) is 0 Å². The summed E-state index contributed by atoms with van der Waals surface area (Å²) in [6.45, 7) is 2.11. The first-order chi connectivity index (χ1) is 24.9. The highest BCUT2D eigenvalue weighted by molar-refractivity contribution is 7.99. The number of thioether (sulfide) groups is 1. The largest absolute Gasteiger partial charge is 0.431 e. The molecule has 2 amide bonds. The Kier molecular flexibility index (Phi) is 12.7. The Hall–Kier alpha value is -4.74. The van der Waals surface area contributed by atoms with E-state index in [-0.39, 0.29) is 30.6 Å². The van der Waals surface area contributed by atoms with E-state index in [9.17, 15) is 14.7 Å². The number of carbonyl (C=O) groups is 2. The van der Waals surface area contributed by atoms with E-state index < -0.39 is 6.29 Å². The number of hydrogen-bond acceptors (Lipinski definition) is 8. The van der Waals surface area contributed by atoms with Crippen LogP contribution >= 0.6 is 11.8 Å². The van der Waals surface area contributed by atoms with Gasteiger partial charge in [-0.15, -0.1) is 0 Å². The van der Waals surface area contributed by atoms with Crippen molar-refractivity contribution < 1.29 is 28.6 Å². The van der Waals surface area contributed by atoms with Crippen molar-refractivity contribution in [2.24, 2.45) is 0 Å². The Morgan fingerprint density at radius 2 is 1.51 bits per heavy atom. The molecule has 4 aromatic carbocycles. The van der Waals surface area contributed by atoms with Gasteiger partial charge in [0, 0.05) is 54.4 Å². The predicted molar refractivity (Wildman–Crippen MR) is 199 cm³/mol. The lowest BCUT2D eigenvalue weighted by Crippen LogP contribution is -2.31. The van der Waals surface area contributed by atoms with Crippen molar-refractivity contribution >= 4 is 29.3 Å². The first-order valence-corrected chi connectivity index (χ1v) is 18.3. The number of hydrogen-bond donors (Lipinski definition) is 3. The van der Waals surface area contributed by atoms with Crippen molar-refractivity contribution in [2.45, 2.75) is 69.4 Å². The van der Waals surface area contributed by atoms with E-state index in [1.165, 1.54) is 18.7 Å². The summed E-state index contributed by atoms with van der Waals surface area (Å²) >= 11 is 1.52. The summed E-state index contributed by atoms with van der Waals surface area (Å²) in [6.07, 6.45) is 2.44. The normalized spacial score (nSPS) is 17.2. The zero-order chi connectivity index (χ0) is 35.4. The maximum absolute atomic E-state index is 12.5. The molecule has 1 fully saturated rings. The molecule has 0 bridgehead atoms. The molecule has 264 valence electrons. The highest BCUT2D eigenvalue weighted by atomic mass is 32.2. The quantitative estimate of drug-likeness (QED) is 0.0733. The molecule has 6 rings (SSSR count). The lowest BCUT2D eigenvalue weighted by Gasteiger charge is -2.36. The number of amides is 2. The Labute approximate surface area is 302 Å². The summed E-state index contributed by atoms with van der Waals surface area (Å²) in [5.74, 6) is 1.23. The molecule has 1 aromatic heterocycles. The highest BCUT2D eigenvalue weighted by Gasteiger charge is 2.33. The molecule has 0 spiro atoms. The van der Waals surface area contributed by atoms with E-state index in [2.05, 4.69) is 10.6 Å². The molecular formula is C41H43N3O6S. The molecule has 0 aliphatic carbocycles. The van der Waals surface area contributed by atoms with Crippen LogP contribution in [0.15, 0.2) is 119 Å². The molecule has 1 aliphatic heterocycles. The van der Waals surface area contributed by atoms with Crippen LogP contribution in [0.25, 0.3) is 22.6 Å². The minimum absolute atomic E-state index is 0.0234. The first kappa shape index (κ1) is 36.1. The number of aliphatic hydroxyl groups is 1. The number of unbranched alkanes of at least 4 members (excludes halogenated alkanes) is 2. The molecule has 0 unspecified atom stereocenters. The Morgan fingerprint density at radius 1 is 0.824 bits per heavy atom. The van der Waals surface area contributed by atoms with Gasteiger partial charge in [0.05, 0.1) is 18.8 Å². The molecule has 0 radical (unpaired) electrons. The number of aromatic nitrogens is 1. The van der Waals surface area contributed by atoms with E-state index in [0.29, 0.717) is 36.0 Å². The molecule has 51 heavy (non-hydrogen) atoms. The SMILES string of the molecule is CC(=O)NCCCCCC(=O)Nc1ccc([C@H]2O[C@@H](CSc3nc(-c4ccccc4)c(-c4ccccc4)o3)C[C@@H](c3ccc(CO)cc3)O2)cc1. The second-order valence-electron chi connectivity index (χ2n) is 12.5. The molecule has 9 nitrogen and oxygen atoms in total. The van der Waals surface area contributed by atoms with Gasteiger partial charge in [-0.05, 0) is 36.1 Å². The minimum atomic E-state index is -0.635. The number of benzene rings is 4. The lowest BCUT2D eigenvalue weighted by atomic mass is 10.0. The van der Waals surface area contributed by atoms with E-state index in [1.54, 1.807) is 0 Å². The minimum Gasteiger partial charge on any atom is -0.431 e. The fourth-order valence-corrected chi connectivity index (χ4v) is 6.77. The number of nitrogens with one attached hydrogen (secondary N) is 2. The number of carbonyl (C=O) groups excluding carboxylic acids is 2. The second kappa shape index (κ2) is 18.0. The van der Waals surface area contributed by atoms with Gasteiger partial charge in [-0.2, -0.15) is 0 Å². The van der Waals surface area contributed by atoms with Gasteiger partial charge in [-0.1, -0.05) is 115 Å². The average molecular weight is 706 g/mol. The highest BCUT2D eigenvalue weighted by Crippen LogP contribution is 2.41. The van der Waals surface area contributed by atoms with Gasteiger partial charge in [0.15, 0.2) is 12.1 Å². The number of ether oxygens (including phenoxy) is 2. The van der Waals surface area contributed by atoms with Gasteiger partial charge in [0.25, 0.3) is 5.22 Å². The summed E-state index contributed by atoms with van der Waals surface area (Å²) in [5.41, 5.74) is 6.13. The van der Waals surface area contributed by atoms with Crippen LogP contribution in [0.3, 0.4) is 0 Å². The summed E-state index contributed by atoms with van der Waals surface area (Å²) in [6, 6.07) is 35.4. The van der Waals surface area contributed by atoms with Crippen molar-refractivity contribution in [1.82, 2.24) is 10.3 Å². The van der Waals surface area contributed by atoms with Crippen molar-refractivity contribution in [1.29, 1.82) is 0 Å². The summed E-state index contributed by atoms with van der Waals surface area (Å²) in [4.78, 5) is 28.5. The fraction of sp³-hybridized carbons (Fsp3) is 0.293. The van der Waals surface area contributed by atoms with Gasteiger partial charge >= 0.3 is 0 Å². The monoisotopic (exact) mass is 705 g/mol. The van der Waals surface area contributed by atoms with Crippen molar-refractivity contribution in [2.75, 3.05) is 17.6 Å². The van der Waals surface area contributed by atoms with Crippen LogP contribution in [0.1, 0.15) is 68.1 Å². The third-order valence-electron chi connectivity index (χ3n) is 8.62. The summed E-state index contributed by atoms with van der Waals surface area (Å²) in [5, 5.41) is 15.9. The van der Waals surface area contributed by atoms with E-state index in [1.807, 2.05) is 109 Å². The zero-order valence-corrected chi connectivity index (χ0v) is 29.4. The molecule has 3 atom stereocenters. The van der Waals surface area contributed by atoms with Crippen LogP contribution in [-0.2, 0) is 25.7 Å². The van der Waals surface area contributed by atoms with Crippen LogP contribution in [0.5, 0.6) is 0 Å². The van der Waals surface area contributed by atoms with Crippen LogP contribution < -0.4 is 10.6 Å². The molecule has 3 N–H and O–H groups in total. The molecule has 0 saturated carbocycles. The van der Waals surface area contributed by atoms with Crippen LogP contribution in [0.4, 0.5) is 5.69 Å². The van der Waals surface area contributed by atoms with Gasteiger partial charge in [0.1, 0.15) is 5.69 Å². The lowest BCUT2D eigenvalue weighted by molar-refractivity contribution is -0.245. The van der Waals surface area contributed by atoms with Crippen molar-refractivity contribution in [3.63, 3.8) is 0 Å². The van der Waals surface area contributed by atoms with Crippen molar-refractivity contribution in [3.05, 3.63) is 126 Å². The third-order valence-corrected chi connectivity index (χ3v) is 9.58. The average Bonchev–Trinajstić information content (AvgIpc) is 3.61. The third kappa shape index (κ3) is 10.2. The number of rotatable bonds is 15. The summed E-state index contributed by atoms with van der Waals surface area (Å²) < 4.78 is 19.5. The molecular weight excluding hydrogens is 663 g/mol. The Morgan fingerprint density at radius 3 is 2.20 bits per heavy atom. The molecule has 1 aliphatic rings. The molecule has 10 heteroatoms. The predicted octanol–water partition coefficient (Wildman–Crippen LogP) is 8.47. The van der Waals surface area contributed by atoms with E-state index >= 15 is 0 Å². The number of anilines is 1. The fourth-order valence-electron chi connectivity index (χ4n) is 5.92. The van der Waals surface area contributed by atoms with E-state index in [4.69, 9.17) is 18.9 Å². The van der Waals surface area contributed by atoms with Crippen LogP contribution in [0.2, 0.25) is 0 Å². The maximum Gasteiger partial charge on any atom is 0.256 e. The second-order valence-corrected chi connectivity index (χ2v) is 13.5.